The van der Waals surface area contributed by atoms with Crippen LogP contribution in [0.15, 0.2) is 54.6 Å². The molecule has 0 saturated carbocycles. The van der Waals surface area contributed by atoms with Gasteiger partial charge < -0.3 is 0 Å². The Morgan fingerprint density at radius 3 is 1.69 bits per heavy atom. The van der Waals surface area contributed by atoms with Gasteiger partial charge in [-0.05, 0) is 71.6 Å². The van der Waals surface area contributed by atoms with Gasteiger partial charge in [0.1, 0.15) is 0 Å². The highest BCUT2D eigenvalue weighted by molar-refractivity contribution is 7.71. The minimum Gasteiger partial charge on any atom is -0.289 e. The molecule has 1 radical (unpaired) electrons. The topological polar surface area (TPSA) is 51.2 Å². The lowest BCUT2D eigenvalue weighted by Gasteiger charge is -2.22. The van der Waals surface area contributed by atoms with Crippen molar-refractivity contribution < 1.29 is 14.2 Å². The molecule has 0 spiro atoms. The molecule has 183 valence electrons. The van der Waals surface area contributed by atoms with E-state index in [0.717, 1.165) is 22.3 Å². The van der Waals surface area contributed by atoms with Gasteiger partial charge in [-0.25, -0.2) is 0 Å². The van der Waals surface area contributed by atoms with Crippen molar-refractivity contribution in [3.05, 3.63) is 99.1 Å². The fraction of sp³-hybridized carbons (Fsp3) is 0.355. The molecule has 35 heavy (non-hydrogen) atoms. The highest BCUT2D eigenvalue weighted by Crippen LogP contribution is 2.36. The number of carbonyl (C=O) groups excluding carboxylic acids is 2. The standard InChI is InChI=1S/C31H36O3P/c1-18(2)23-16-25(19(3)4)29(26(17-23)20(5)6)30(32)24-14-9-10-15-27(24)35(34)31(33)28-21(7)12-11-13-22(28)8/h9-20H,1-8H3. The van der Waals surface area contributed by atoms with Crippen LogP contribution >= 0.6 is 7.80 Å². The Morgan fingerprint density at radius 1 is 0.686 bits per heavy atom. The second-order valence-electron chi connectivity index (χ2n) is 10.3. The first kappa shape index (κ1) is 26.7. The van der Waals surface area contributed by atoms with Crippen molar-refractivity contribution in [2.45, 2.75) is 73.1 Å². The van der Waals surface area contributed by atoms with Gasteiger partial charge in [-0.3, -0.25) is 14.2 Å². The number of benzene rings is 3. The van der Waals surface area contributed by atoms with Crippen LogP contribution in [-0.2, 0) is 4.57 Å². The summed E-state index contributed by atoms with van der Waals surface area (Å²) in [5.74, 6) is 0.455. The number of hydrogen-bond donors (Lipinski definition) is 0. The largest absolute Gasteiger partial charge is 0.289 e. The lowest BCUT2D eigenvalue weighted by Crippen LogP contribution is -2.20. The molecule has 3 nitrogen and oxygen atoms in total. The molecule has 0 saturated heterocycles. The quantitative estimate of drug-likeness (QED) is 0.238. The van der Waals surface area contributed by atoms with E-state index >= 15 is 0 Å². The summed E-state index contributed by atoms with van der Waals surface area (Å²) < 4.78 is 13.6. The van der Waals surface area contributed by atoms with Crippen molar-refractivity contribution in [3.8, 4) is 0 Å². The lowest BCUT2D eigenvalue weighted by atomic mass is 9.81. The van der Waals surface area contributed by atoms with Crippen molar-refractivity contribution >= 4 is 24.4 Å². The first-order valence-electron chi connectivity index (χ1n) is 12.3. The highest BCUT2D eigenvalue weighted by atomic mass is 31.1. The van der Waals surface area contributed by atoms with E-state index in [4.69, 9.17) is 0 Å². The minimum atomic E-state index is -2.47. The third kappa shape index (κ3) is 5.36. The maximum Gasteiger partial charge on any atom is 0.247 e. The number of aryl methyl sites for hydroxylation is 2. The molecule has 0 aliphatic rings. The van der Waals surface area contributed by atoms with E-state index in [1.165, 1.54) is 5.56 Å². The van der Waals surface area contributed by atoms with Crippen LogP contribution < -0.4 is 5.30 Å². The number of rotatable bonds is 8. The van der Waals surface area contributed by atoms with Crippen LogP contribution in [0.1, 0.15) is 113 Å². The smallest absolute Gasteiger partial charge is 0.247 e. The molecule has 3 rings (SSSR count). The van der Waals surface area contributed by atoms with Gasteiger partial charge >= 0.3 is 0 Å². The molecule has 0 heterocycles. The molecule has 1 unspecified atom stereocenters. The van der Waals surface area contributed by atoms with Gasteiger partial charge in [-0.2, -0.15) is 0 Å². The molecular weight excluding hydrogens is 451 g/mol. The van der Waals surface area contributed by atoms with Gasteiger partial charge in [0.05, 0.1) is 5.30 Å². The highest BCUT2D eigenvalue weighted by Gasteiger charge is 2.29. The molecule has 0 aromatic heterocycles. The Kier molecular flexibility index (Phi) is 8.23. The Hall–Kier alpha value is -2.90. The van der Waals surface area contributed by atoms with E-state index in [2.05, 4.69) is 53.7 Å². The molecule has 0 amide bonds. The maximum absolute atomic E-state index is 14.2. The molecule has 1 atom stereocenters. The summed E-state index contributed by atoms with van der Waals surface area (Å²) in [6, 6.07) is 16.7. The SMILES string of the molecule is Cc1cccc(C)c1C(=O)[P](=O)c1ccccc1C(=O)c1c(C(C)C)cc(C(C)C)cc1C(C)C. The Labute approximate surface area is 210 Å². The molecule has 0 aliphatic heterocycles. The molecule has 3 aromatic rings. The summed E-state index contributed by atoms with van der Waals surface area (Å²) in [5, 5.41) is 0.303. The van der Waals surface area contributed by atoms with Crippen LogP contribution in [0.3, 0.4) is 0 Å². The number of hydrogen-bond acceptors (Lipinski definition) is 3. The normalized spacial score (nSPS) is 11.9. The van der Waals surface area contributed by atoms with Gasteiger partial charge in [-0.15, -0.1) is 0 Å². The van der Waals surface area contributed by atoms with Gasteiger partial charge in [0, 0.05) is 16.7 Å². The average Bonchev–Trinajstić information content (AvgIpc) is 2.81. The summed E-state index contributed by atoms with van der Waals surface area (Å²) in [6.45, 7) is 16.4. The van der Waals surface area contributed by atoms with Crippen LogP contribution in [0.25, 0.3) is 0 Å². The predicted octanol–water partition coefficient (Wildman–Crippen LogP) is 8.20. The zero-order chi connectivity index (χ0) is 26.0. The first-order valence-corrected chi connectivity index (χ1v) is 13.6. The Morgan fingerprint density at radius 2 is 1.20 bits per heavy atom. The predicted molar refractivity (Wildman–Crippen MR) is 146 cm³/mol. The third-order valence-corrected chi connectivity index (χ3v) is 8.03. The minimum absolute atomic E-state index is 0.141. The summed E-state index contributed by atoms with van der Waals surface area (Å²) in [4.78, 5) is 27.5. The van der Waals surface area contributed by atoms with Crippen LogP contribution in [0.2, 0.25) is 0 Å². The van der Waals surface area contributed by atoms with E-state index in [-0.39, 0.29) is 17.6 Å². The summed E-state index contributed by atoms with van der Waals surface area (Å²) in [5.41, 5.74) is 5.84. The van der Waals surface area contributed by atoms with Gasteiger partial charge in [0.25, 0.3) is 0 Å². The Balaban J connectivity index is 2.20. The molecule has 0 N–H and O–H groups in total. The molecule has 0 fully saturated rings. The fourth-order valence-corrected chi connectivity index (χ4v) is 5.95. The molecule has 4 heteroatoms. The Bertz CT molecular complexity index is 1250. The lowest BCUT2D eigenvalue weighted by molar-refractivity contribution is 0.103. The molecule has 0 bridgehead atoms. The number of ketones is 1. The van der Waals surface area contributed by atoms with E-state index < -0.39 is 13.3 Å². The first-order chi connectivity index (χ1) is 16.5. The van der Waals surface area contributed by atoms with Gasteiger partial charge in [0.15, 0.2) is 13.6 Å². The van der Waals surface area contributed by atoms with Crippen LogP contribution in [-0.4, -0.2) is 11.3 Å². The average molecular weight is 488 g/mol. The van der Waals surface area contributed by atoms with Crippen molar-refractivity contribution in [1.82, 2.24) is 0 Å². The van der Waals surface area contributed by atoms with E-state index in [0.29, 0.717) is 27.9 Å². The van der Waals surface area contributed by atoms with Gasteiger partial charge in [-0.1, -0.05) is 84.0 Å². The molecule has 0 aliphatic carbocycles. The maximum atomic E-state index is 14.2. The van der Waals surface area contributed by atoms with Crippen molar-refractivity contribution in [2.24, 2.45) is 0 Å². The summed E-state index contributed by atoms with van der Waals surface area (Å²) in [6.07, 6.45) is 0. The second-order valence-corrected chi connectivity index (χ2v) is 11.7. The zero-order valence-electron chi connectivity index (χ0n) is 22.1. The van der Waals surface area contributed by atoms with Crippen LogP contribution in [0.4, 0.5) is 0 Å². The molecule has 3 aromatic carbocycles. The monoisotopic (exact) mass is 487 g/mol. The molecular formula is C31H36O3P. The van der Waals surface area contributed by atoms with Crippen LogP contribution in [0, 0.1) is 13.8 Å². The van der Waals surface area contributed by atoms with Gasteiger partial charge in [0.2, 0.25) is 5.52 Å². The van der Waals surface area contributed by atoms with Crippen molar-refractivity contribution in [3.63, 3.8) is 0 Å². The second kappa shape index (κ2) is 10.8. The zero-order valence-corrected chi connectivity index (χ0v) is 23.0. The fourth-order valence-electron chi connectivity index (χ4n) is 4.56. The van der Waals surface area contributed by atoms with Crippen LogP contribution in [0.5, 0.6) is 0 Å². The third-order valence-electron chi connectivity index (χ3n) is 6.61. The van der Waals surface area contributed by atoms with Crippen molar-refractivity contribution in [2.75, 3.05) is 0 Å². The van der Waals surface area contributed by atoms with Crippen molar-refractivity contribution in [1.29, 1.82) is 0 Å². The van der Waals surface area contributed by atoms with E-state index in [9.17, 15) is 14.2 Å². The summed E-state index contributed by atoms with van der Waals surface area (Å²) in [7, 11) is -2.47. The number of carbonyl (C=O) groups is 2. The van der Waals surface area contributed by atoms with E-state index in [1.54, 1.807) is 24.3 Å². The summed E-state index contributed by atoms with van der Waals surface area (Å²) >= 11 is 0. The van der Waals surface area contributed by atoms with E-state index in [1.807, 2.05) is 32.0 Å².